The van der Waals surface area contributed by atoms with Gasteiger partial charge in [0.25, 0.3) is 0 Å². The van der Waals surface area contributed by atoms with E-state index in [9.17, 15) is 9.90 Å². The first-order valence-electron chi connectivity index (χ1n) is 4.69. The van der Waals surface area contributed by atoms with Gasteiger partial charge in [0, 0.05) is 32.7 Å². The van der Waals surface area contributed by atoms with Crippen molar-refractivity contribution in [3.63, 3.8) is 0 Å². The third-order valence-electron chi connectivity index (χ3n) is 2.32. The number of phenols is 1. The van der Waals surface area contributed by atoms with Crippen molar-refractivity contribution in [3.05, 3.63) is 28.8 Å². The van der Waals surface area contributed by atoms with Crippen LogP contribution in [0, 0.1) is 13.8 Å². The van der Waals surface area contributed by atoms with Gasteiger partial charge in [0.15, 0.2) is 0 Å². The normalized spacial score (nSPS) is 11.7. The zero-order valence-corrected chi connectivity index (χ0v) is 12.2. The molecule has 1 radical (unpaired) electrons. The minimum Gasteiger partial charge on any atom is -0.507 e. The van der Waals surface area contributed by atoms with Gasteiger partial charge in [0.2, 0.25) is 0 Å². The van der Waals surface area contributed by atoms with E-state index in [4.69, 9.17) is 10.8 Å². The maximum absolute atomic E-state index is 10.6. The number of carboxylic acids is 1. The van der Waals surface area contributed by atoms with Crippen LogP contribution in [-0.4, -0.2) is 22.2 Å². The van der Waals surface area contributed by atoms with Gasteiger partial charge in [-0.25, -0.2) is 0 Å². The SMILES string of the molecule is Cc1cc(CC(N)C(=O)O)cc(C)c1O.[Y]. The van der Waals surface area contributed by atoms with Gasteiger partial charge >= 0.3 is 5.97 Å². The van der Waals surface area contributed by atoms with Gasteiger partial charge < -0.3 is 15.9 Å². The van der Waals surface area contributed by atoms with Crippen LogP contribution in [0.1, 0.15) is 16.7 Å². The van der Waals surface area contributed by atoms with Crippen LogP contribution >= 0.6 is 0 Å². The molecule has 0 aliphatic rings. The topological polar surface area (TPSA) is 83.6 Å². The van der Waals surface area contributed by atoms with Crippen LogP contribution in [0.2, 0.25) is 0 Å². The van der Waals surface area contributed by atoms with E-state index in [1.165, 1.54) is 0 Å². The number of hydrogen-bond acceptors (Lipinski definition) is 3. The Bertz CT molecular complexity index is 370. The number of hydrogen-bond donors (Lipinski definition) is 3. The van der Waals surface area contributed by atoms with Crippen LogP contribution in [0.3, 0.4) is 0 Å². The molecule has 0 spiro atoms. The molecular weight excluding hydrogens is 283 g/mol. The molecule has 0 heterocycles. The smallest absolute Gasteiger partial charge is 0.320 e. The summed E-state index contributed by atoms with van der Waals surface area (Å²) in [5, 5.41) is 18.2. The largest absolute Gasteiger partial charge is 0.507 e. The van der Waals surface area contributed by atoms with Gasteiger partial charge in [-0.2, -0.15) is 0 Å². The molecule has 0 amide bonds. The number of aliphatic carboxylic acids is 1. The molecule has 0 fully saturated rings. The molecule has 1 atom stereocenters. The number of rotatable bonds is 3. The Morgan fingerprint density at radius 2 is 1.81 bits per heavy atom. The molecule has 0 saturated carbocycles. The van der Waals surface area contributed by atoms with E-state index in [1.54, 1.807) is 26.0 Å². The zero-order valence-electron chi connectivity index (χ0n) is 9.40. The zero-order chi connectivity index (χ0) is 11.6. The predicted octanol–water partition coefficient (Wildman–Crippen LogP) is 0.961. The Hall–Kier alpha value is -0.446. The Balaban J connectivity index is 0.00000225. The van der Waals surface area contributed by atoms with Crippen molar-refractivity contribution >= 4 is 5.97 Å². The van der Waals surface area contributed by atoms with Gasteiger partial charge in [0.05, 0.1) is 0 Å². The standard InChI is InChI=1S/C11H15NO3.Y/c1-6-3-8(4-7(2)10(6)13)5-9(12)11(14)15;/h3-4,9,13H,5,12H2,1-2H3,(H,14,15);. The van der Waals surface area contributed by atoms with E-state index >= 15 is 0 Å². The second-order valence-corrected chi connectivity index (χ2v) is 3.73. The number of aryl methyl sites for hydroxylation is 2. The summed E-state index contributed by atoms with van der Waals surface area (Å²) in [6.07, 6.45) is 0.275. The maximum Gasteiger partial charge on any atom is 0.320 e. The van der Waals surface area contributed by atoms with Crippen LogP contribution in [0.4, 0.5) is 0 Å². The molecular formula is C11H15NO3Y. The van der Waals surface area contributed by atoms with Gasteiger partial charge in [-0.05, 0) is 37.0 Å². The fraction of sp³-hybridized carbons (Fsp3) is 0.364. The molecule has 4 nitrogen and oxygen atoms in total. The summed E-state index contributed by atoms with van der Waals surface area (Å²) in [7, 11) is 0. The molecule has 1 rings (SSSR count). The summed E-state index contributed by atoms with van der Waals surface area (Å²) in [4.78, 5) is 10.6. The molecule has 85 valence electrons. The summed E-state index contributed by atoms with van der Waals surface area (Å²) < 4.78 is 0. The Kier molecular flexibility index (Phi) is 6.15. The van der Waals surface area contributed by atoms with Crippen molar-refractivity contribution in [1.29, 1.82) is 0 Å². The first-order chi connectivity index (χ1) is 6.91. The minimum atomic E-state index is -1.02. The van der Waals surface area contributed by atoms with Gasteiger partial charge in [-0.3, -0.25) is 4.79 Å². The number of nitrogens with two attached hydrogens (primary N) is 1. The van der Waals surface area contributed by atoms with E-state index in [0.717, 1.165) is 16.7 Å². The molecule has 16 heavy (non-hydrogen) atoms. The van der Waals surface area contributed by atoms with Crippen LogP contribution in [0.25, 0.3) is 0 Å². The quantitative estimate of drug-likeness (QED) is 0.776. The predicted molar refractivity (Wildman–Crippen MR) is 56.9 cm³/mol. The van der Waals surface area contributed by atoms with E-state index in [2.05, 4.69) is 0 Å². The van der Waals surface area contributed by atoms with Crippen LogP contribution in [0.5, 0.6) is 5.75 Å². The first-order valence-corrected chi connectivity index (χ1v) is 4.69. The van der Waals surface area contributed by atoms with Crippen molar-refractivity contribution in [3.8, 4) is 5.75 Å². The summed E-state index contributed by atoms with van der Waals surface area (Å²) in [5.41, 5.74) is 7.73. The number of carbonyl (C=O) groups is 1. The molecule has 0 aliphatic heterocycles. The summed E-state index contributed by atoms with van der Waals surface area (Å²) >= 11 is 0. The van der Waals surface area contributed by atoms with Gasteiger partial charge in [0.1, 0.15) is 11.8 Å². The fourth-order valence-corrected chi connectivity index (χ4v) is 1.50. The molecule has 1 aromatic carbocycles. The third-order valence-corrected chi connectivity index (χ3v) is 2.32. The molecule has 4 N–H and O–H groups in total. The molecule has 0 bridgehead atoms. The Labute approximate surface area is 120 Å². The second-order valence-electron chi connectivity index (χ2n) is 3.73. The van der Waals surface area contributed by atoms with E-state index < -0.39 is 12.0 Å². The Morgan fingerprint density at radius 3 is 2.19 bits per heavy atom. The number of carboxylic acid groups (broad SMARTS) is 1. The minimum absolute atomic E-state index is 0. The van der Waals surface area contributed by atoms with E-state index in [1.807, 2.05) is 0 Å². The van der Waals surface area contributed by atoms with E-state index in [-0.39, 0.29) is 44.9 Å². The molecule has 1 aromatic rings. The monoisotopic (exact) mass is 298 g/mol. The molecule has 1 unspecified atom stereocenters. The first kappa shape index (κ1) is 15.6. The third kappa shape index (κ3) is 3.85. The number of benzene rings is 1. The van der Waals surface area contributed by atoms with Gasteiger partial charge in [-0.1, -0.05) is 12.1 Å². The average Bonchev–Trinajstić information content (AvgIpc) is 2.13. The number of aromatic hydroxyl groups is 1. The van der Waals surface area contributed by atoms with Crippen molar-refractivity contribution < 1.29 is 47.7 Å². The fourth-order valence-electron chi connectivity index (χ4n) is 1.50. The summed E-state index contributed by atoms with van der Waals surface area (Å²) in [6, 6.07) is 2.62. The van der Waals surface area contributed by atoms with Crippen LogP contribution in [-0.2, 0) is 43.9 Å². The van der Waals surface area contributed by atoms with Crippen molar-refractivity contribution in [1.82, 2.24) is 0 Å². The molecule has 0 aromatic heterocycles. The van der Waals surface area contributed by atoms with Gasteiger partial charge in [-0.15, -0.1) is 0 Å². The number of phenolic OH excluding ortho intramolecular Hbond substituents is 1. The molecule has 5 heteroatoms. The molecule has 0 saturated heterocycles. The van der Waals surface area contributed by atoms with Crippen LogP contribution < -0.4 is 5.73 Å². The molecule has 0 aliphatic carbocycles. The van der Waals surface area contributed by atoms with Crippen molar-refractivity contribution in [2.75, 3.05) is 0 Å². The summed E-state index contributed by atoms with van der Waals surface area (Å²) in [6.45, 7) is 3.55. The van der Waals surface area contributed by atoms with Crippen molar-refractivity contribution in [2.45, 2.75) is 26.3 Å². The second kappa shape index (κ2) is 6.33. The average molecular weight is 298 g/mol. The maximum atomic E-state index is 10.6. The van der Waals surface area contributed by atoms with E-state index in [0.29, 0.717) is 0 Å². The summed E-state index contributed by atoms with van der Waals surface area (Å²) in [5.74, 6) is -0.763. The van der Waals surface area contributed by atoms with Crippen molar-refractivity contribution in [2.24, 2.45) is 5.73 Å². The Morgan fingerprint density at radius 1 is 1.38 bits per heavy atom. The van der Waals surface area contributed by atoms with Crippen LogP contribution in [0.15, 0.2) is 12.1 Å².